The van der Waals surface area contributed by atoms with Crippen LogP contribution in [0.5, 0.6) is 0 Å². The molecule has 1 rings (SSSR count). The van der Waals surface area contributed by atoms with Gasteiger partial charge in [-0.1, -0.05) is 12.9 Å². The minimum atomic E-state index is -4.36. The Morgan fingerprint density at radius 2 is 1.82 bits per heavy atom. The maximum Gasteiger partial charge on any atom is 0.422 e. The van der Waals surface area contributed by atoms with Crippen LogP contribution in [-0.2, 0) is 4.74 Å². The summed E-state index contributed by atoms with van der Waals surface area (Å²) in [6.07, 6.45) is -3.96. The molecule has 1 aliphatic rings. The Bertz CT molecular complexity index is 321. The average molecular weight is 256 g/mol. The highest BCUT2D eigenvalue weighted by atomic mass is 19.3. The van der Waals surface area contributed by atoms with Crippen molar-refractivity contribution in [3.63, 3.8) is 0 Å². The van der Waals surface area contributed by atoms with Gasteiger partial charge < -0.3 is 32.0 Å². The van der Waals surface area contributed by atoms with Gasteiger partial charge in [-0.05, 0) is 20.8 Å². The normalized spacial score (nSPS) is 23.4. The molecule has 0 unspecified atom stereocenters. The predicted octanol–water partition coefficient (Wildman–Crippen LogP) is 1.66. The van der Waals surface area contributed by atoms with Crippen molar-refractivity contribution in [2.45, 2.75) is 26.4 Å². The molecule has 100 valence electrons. The summed E-state index contributed by atoms with van der Waals surface area (Å²) in [7, 11) is 0. The topological polar surface area (TPSA) is 41.6 Å². The maximum atomic E-state index is 13.3. The molecule has 17 heavy (non-hydrogen) atoms. The van der Waals surface area contributed by atoms with E-state index in [9.17, 15) is 22.1 Å². The molecule has 0 aromatic rings. The summed E-state index contributed by atoms with van der Waals surface area (Å²) in [5, 5.41) is 1.45. The Morgan fingerprint density at radius 1 is 1.29 bits per heavy atom. The molecule has 0 radical (unpaired) electrons. The number of carbonyl (C=O) groups excluding carboxylic acids is 1. The lowest BCUT2D eigenvalue weighted by Gasteiger charge is -2.50. The Balaban J connectivity index is 2.81. The summed E-state index contributed by atoms with van der Waals surface area (Å²) < 4.78 is 57.3. The van der Waals surface area contributed by atoms with Crippen LogP contribution in [-0.4, -0.2) is 43.1 Å². The molecule has 1 aliphatic heterocycles. The highest BCUT2D eigenvalue weighted by Crippen LogP contribution is 2.24. The van der Waals surface area contributed by atoms with E-state index in [4.69, 9.17) is 0 Å². The van der Waals surface area contributed by atoms with Gasteiger partial charge in [0.05, 0.1) is 0 Å². The third kappa shape index (κ3) is 3.79. The van der Waals surface area contributed by atoms with Crippen molar-refractivity contribution in [1.29, 1.82) is 0 Å². The zero-order chi connectivity index (χ0) is 13.5. The third-order valence-electron chi connectivity index (χ3n) is 2.17. The molecule has 4 nitrogen and oxygen atoms in total. The fourth-order valence-corrected chi connectivity index (χ4v) is 1.44. The molecule has 0 atom stereocenters. The predicted molar refractivity (Wildman–Crippen MR) is 56.9 cm³/mol. The second-order valence-electron chi connectivity index (χ2n) is 5.12. The zero-order valence-electron chi connectivity index (χ0n) is 9.84. The quantitative estimate of drug-likeness (QED) is 0.529. The summed E-state index contributed by atoms with van der Waals surface area (Å²) in [5.74, 6) is 0. The molecule has 0 aromatic heterocycles. The Kier molecular flexibility index (Phi) is 3.39. The summed E-state index contributed by atoms with van der Waals surface area (Å²) in [4.78, 5) is 11.2. The number of ether oxygens (including phenoxy) is 1. The van der Waals surface area contributed by atoms with Crippen molar-refractivity contribution in [2.24, 2.45) is 0 Å². The monoisotopic (exact) mass is 256 g/mol. The van der Waals surface area contributed by atoms with Gasteiger partial charge in [0, 0.05) is 0 Å². The van der Waals surface area contributed by atoms with E-state index in [1.54, 1.807) is 0 Å². The zero-order valence-corrected chi connectivity index (χ0v) is 9.84. The summed E-state index contributed by atoms with van der Waals surface area (Å²) in [6.45, 7) is -4.11. The number of hydrogen-bond donors (Lipinski definition) is 1. The smallest absolute Gasteiger partial charge is 0.422 e. The molecule has 0 spiro atoms. The fourth-order valence-electron chi connectivity index (χ4n) is 1.44. The van der Waals surface area contributed by atoms with E-state index >= 15 is 0 Å². The molecule has 1 N–H and O–H groups in total. The Labute approximate surface area is 96.7 Å². The minimum Gasteiger partial charge on any atom is -0.462 e. The van der Waals surface area contributed by atoms with Crippen LogP contribution in [0.1, 0.15) is 20.8 Å². The highest BCUT2D eigenvalue weighted by molar-refractivity contribution is 6.74. The van der Waals surface area contributed by atoms with E-state index in [-0.39, 0.29) is 4.81 Å². The lowest BCUT2D eigenvalue weighted by Crippen LogP contribution is -2.71. The van der Waals surface area contributed by atoms with Crippen LogP contribution >= 0.6 is 0 Å². The number of rotatable bonds is 0. The highest BCUT2D eigenvalue weighted by Gasteiger charge is 2.45. The minimum absolute atomic E-state index is 0.165. The van der Waals surface area contributed by atoms with Gasteiger partial charge in [-0.3, -0.25) is 0 Å². The average Bonchev–Trinajstić information content (AvgIpc) is 2.07. The summed E-state index contributed by atoms with van der Waals surface area (Å²) in [5.41, 5.74) is -1.00. The van der Waals surface area contributed by atoms with E-state index < -0.39 is 38.3 Å². The van der Waals surface area contributed by atoms with Crippen LogP contribution in [0.4, 0.5) is 22.1 Å². The van der Waals surface area contributed by atoms with Gasteiger partial charge in [-0.2, -0.15) is 0 Å². The van der Waals surface area contributed by atoms with Crippen molar-refractivity contribution in [3.8, 4) is 0 Å². The van der Waals surface area contributed by atoms with Gasteiger partial charge in [-0.15, -0.1) is 0 Å². The van der Waals surface area contributed by atoms with Gasteiger partial charge in [0.25, 0.3) is 0 Å². The first-order valence-electron chi connectivity index (χ1n) is 5.24. The summed E-state index contributed by atoms with van der Waals surface area (Å²) >= 11 is 0. The molecule has 1 amide bonds. The van der Waals surface area contributed by atoms with Gasteiger partial charge in [0.1, 0.15) is 5.60 Å². The molecule has 0 aromatic carbocycles. The SMILES string of the molecule is CC(C)(C)OC(=O)N1C[B-](F)(F)NC[B-]1(F)F. The van der Waals surface area contributed by atoms with E-state index in [0.29, 0.717) is 0 Å². The number of carbonyl (C=O) groups is 1. The number of halogens is 4. The van der Waals surface area contributed by atoms with E-state index in [2.05, 4.69) is 4.74 Å². The Hall–Kier alpha value is -0.920. The summed E-state index contributed by atoms with van der Waals surface area (Å²) in [6, 6.07) is 0. The fraction of sp³-hybridized carbons (Fsp3) is 0.857. The van der Waals surface area contributed by atoms with Crippen LogP contribution in [0.25, 0.3) is 0 Å². The second kappa shape index (κ2) is 4.08. The molecule has 0 bridgehead atoms. The van der Waals surface area contributed by atoms with Gasteiger partial charge in [0.2, 0.25) is 0 Å². The number of nitrogens with zero attached hydrogens (tertiary/aromatic N) is 1. The van der Waals surface area contributed by atoms with Crippen LogP contribution in [0.15, 0.2) is 0 Å². The van der Waals surface area contributed by atoms with Crippen molar-refractivity contribution in [2.75, 3.05) is 12.9 Å². The molecule has 1 heterocycles. The molecular formula is C7H14B2F4N2O2-2. The van der Waals surface area contributed by atoms with Crippen LogP contribution in [0.3, 0.4) is 0 Å². The van der Waals surface area contributed by atoms with Crippen LogP contribution < -0.4 is 5.23 Å². The second-order valence-corrected chi connectivity index (χ2v) is 5.12. The first-order chi connectivity index (χ1) is 7.43. The van der Waals surface area contributed by atoms with Crippen molar-refractivity contribution in [3.05, 3.63) is 0 Å². The number of hydrogen-bond acceptors (Lipinski definition) is 3. The van der Waals surface area contributed by atoms with Crippen molar-refractivity contribution < 1.29 is 26.8 Å². The molecular weight excluding hydrogens is 242 g/mol. The lowest BCUT2D eigenvalue weighted by molar-refractivity contribution is 0.0349. The van der Waals surface area contributed by atoms with Gasteiger partial charge in [-0.25, -0.2) is 4.79 Å². The molecule has 10 heteroatoms. The maximum absolute atomic E-state index is 13.3. The van der Waals surface area contributed by atoms with E-state index in [1.807, 2.05) is 0 Å². The van der Waals surface area contributed by atoms with Gasteiger partial charge in [0.15, 0.2) is 0 Å². The number of nitrogens with one attached hydrogen (secondary N) is 1. The van der Waals surface area contributed by atoms with E-state index in [0.717, 1.165) is 0 Å². The molecule has 1 saturated heterocycles. The van der Waals surface area contributed by atoms with Crippen LogP contribution in [0, 0.1) is 0 Å². The van der Waals surface area contributed by atoms with E-state index in [1.165, 1.54) is 26.0 Å². The molecule has 0 aliphatic carbocycles. The molecule has 1 fully saturated rings. The first kappa shape index (κ1) is 14.1. The lowest BCUT2D eigenvalue weighted by atomic mass is 9.63. The van der Waals surface area contributed by atoms with Gasteiger partial charge >= 0.3 is 19.8 Å². The largest absolute Gasteiger partial charge is 0.462 e. The molecule has 0 saturated carbocycles. The third-order valence-corrected chi connectivity index (χ3v) is 2.17. The first-order valence-corrected chi connectivity index (χ1v) is 5.24. The van der Waals surface area contributed by atoms with Crippen molar-refractivity contribution >= 4 is 19.8 Å². The number of amides is 1. The Morgan fingerprint density at radius 3 is 2.29 bits per heavy atom. The standard InChI is InChI=1S/C7H14B2F4N2O2/c1-7(2,3)17-6(16)15-5-8(10,11)14-4-9(15,12)13/h14H,4-5H2,1-3H3/q-2. The van der Waals surface area contributed by atoms with Crippen molar-refractivity contribution in [1.82, 2.24) is 10.0 Å². The van der Waals surface area contributed by atoms with Crippen LogP contribution in [0.2, 0.25) is 0 Å².